The maximum atomic E-state index is 12.8. The van der Waals surface area contributed by atoms with Crippen LogP contribution in [0.15, 0.2) is 35.5 Å². The van der Waals surface area contributed by atoms with E-state index in [9.17, 15) is 18.0 Å². The van der Waals surface area contributed by atoms with Gasteiger partial charge in [0.2, 0.25) is 6.41 Å². The Kier molecular flexibility index (Phi) is 4.15. The normalized spacial score (nSPS) is 24.9. The molecular weight excluding hydrogens is 231 g/mol. The summed E-state index contributed by atoms with van der Waals surface area (Å²) in [7, 11) is 0. The first-order valence-electron chi connectivity index (χ1n) is 5.17. The van der Waals surface area contributed by atoms with Gasteiger partial charge in [0.25, 0.3) is 0 Å². The lowest BCUT2D eigenvalue weighted by atomic mass is 10.0. The molecule has 0 saturated heterocycles. The van der Waals surface area contributed by atoms with Gasteiger partial charge in [-0.2, -0.15) is 13.2 Å². The number of carbonyl (C=O) groups excluding carboxylic acids is 1. The zero-order chi connectivity index (χ0) is 13.1. The van der Waals surface area contributed by atoms with Gasteiger partial charge in [-0.3, -0.25) is 4.79 Å². The molecule has 1 rings (SSSR count). The Hall–Kier alpha value is -1.52. The van der Waals surface area contributed by atoms with E-state index in [-0.39, 0.29) is 12.1 Å². The first-order chi connectivity index (χ1) is 7.84. The summed E-state index contributed by atoms with van der Waals surface area (Å²) in [4.78, 5) is 12.1. The van der Waals surface area contributed by atoms with E-state index in [2.05, 4.69) is 6.58 Å². The molecule has 0 aromatic rings. The monoisotopic (exact) mass is 245 g/mol. The van der Waals surface area contributed by atoms with Gasteiger partial charge in [-0.15, -0.1) is 0 Å². The van der Waals surface area contributed by atoms with Crippen LogP contribution >= 0.6 is 0 Å². The number of rotatable bonds is 1. The number of alkyl halides is 3. The summed E-state index contributed by atoms with van der Waals surface area (Å²) in [6.07, 6.45) is -0.943. The summed E-state index contributed by atoms with van der Waals surface area (Å²) in [5.74, 6) is 0. The highest BCUT2D eigenvalue weighted by atomic mass is 19.4. The molecule has 0 aromatic heterocycles. The van der Waals surface area contributed by atoms with E-state index in [1.54, 1.807) is 0 Å². The van der Waals surface area contributed by atoms with E-state index in [0.717, 1.165) is 6.08 Å². The predicted octanol–water partition coefficient (Wildman–Crippen LogP) is 2.84. The fraction of sp³-hybridized carbons (Fsp3) is 0.417. The van der Waals surface area contributed by atoms with E-state index >= 15 is 0 Å². The quantitative estimate of drug-likeness (QED) is 0.650. The lowest BCUT2D eigenvalue weighted by molar-refractivity contribution is -0.117. The molecule has 0 radical (unpaired) electrons. The SMILES string of the molecule is C=C1/C=C(C(F)(F)F)\C(C)=C/CN(C=O)CC1. The fourth-order valence-corrected chi connectivity index (χ4v) is 1.53. The molecule has 1 aliphatic rings. The van der Waals surface area contributed by atoms with Crippen molar-refractivity contribution in [1.82, 2.24) is 4.90 Å². The Bertz CT molecular complexity index is 380. The number of halogens is 3. The summed E-state index contributed by atoms with van der Waals surface area (Å²) in [6, 6.07) is 0. The predicted molar refractivity (Wildman–Crippen MR) is 59.3 cm³/mol. The second-order valence-corrected chi connectivity index (χ2v) is 3.95. The van der Waals surface area contributed by atoms with Crippen molar-refractivity contribution in [2.24, 2.45) is 0 Å². The highest BCUT2D eigenvalue weighted by molar-refractivity contribution is 5.49. The van der Waals surface area contributed by atoms with Crippen LogP contribution in [-0.4, -0.2) is 30.6 Å². The summed E-state index contributed by atoms with van der Waals surface area (Å²) >= 11 is 0. The molecule has 1 aliphatic heterocycles. The standard InChI is InChI=1S/C12H14F3NO/c1-9-3-5-16(8-17)6-4-10(2)11(7-9)12(13,14)15/h4,7-8H,1,3,5-6H2,2H3/b10-4-,11-7+. The van der Waals surface area contributed by atoms with Crippen molar-refractivity contribution >= 4 is 6.41 Å². The van der Waals surface area contributed by atoms with Crippen LogP contribution < -0.4 is 0 Å². The van der Waals surface area contributed by atoms with E-state index < -0.39 is 11.7 Å². The summed E-state index contributed by atoms with van der Waals surface area (Å²) < 4.78 is 38.3. The van der Waals surface area contributed by atoms with Gasteiger partial charge < -0.3 is 4.90 Å². The van der Waals surface area contributed by atoms with Crippen molar-refractivity contribution in [2.45, 2.75) is 19.5 Å². The largest absolute Gasteiger partial charge is 0.416 e. The minimum Gasteiger partial charge on any atom is -0.341 e. The number of amides is 1. The molecular formula is C12H14F3NO. The minimum absolute atomic E-state index is 0.118. The van der Waals surface area contributed by atoms with Crippen LogP contribution in [0.25, 0.3) is 0 Å². The maximum Gasteiger partial charge on any atom is 0.416 e. The van der Waals surface area contributed by atoms with Crippen molar-refractivity contribution in [1.29, 1.82) is 0 Å². The first-order valence-corrected chi connectivity index (χ1v) is 5.17. The van der Waals surface area contributed by atoms with Gasteiger partial charge in [0.05, 0.1) is 5.57 Å². The number of carbonyl (C=O) groups is 1. The molecule has 1 amide bonds. The lowest BCUT2D eigenvalue weighted by Gasteiger charge is -2.14. The third kappa shape index (κ3) is 3.76. The van der Waals surface area contributed by atoms with Gasteiger partial charge in [-0.05, 0) is 25.0 Å². The summed E-state index contributed by atoms with van der Waals surface area (Å²) in [5, 5.41) is 0. The third-order valence-corrected chi connectivity index (χ3v) is 2.58. The molecule has 5 heteroatoms. The Morgan fingerprint density at radius 1 is 1.47 bits per heavy atom. The molecule has 1 heterocycles. The zero-order valence-corrected chi connectivity index (χ0v) is 9.55. The van der Waals surface area contributed by atoms with E-state index in [1.807, 2.05) is 0 Å². The van der Waals surface area contributed by atoms with Crippen LogP contribution in [0.2, 0.25) is 0 Å². The van der Waals surface area contributed by atoms with Crippen LogP contribution in [0.4, 0.5) is 13.2 Å². The summed E-state index contributed by atoms with van der Waals surface area (Å²) in [6.45, 7) is 5.54. The van der Waals surface area contributed by atoms with Gasteiger partial charge in [-0.25, -0.2) is 0 Å². The number of nitrogens with zero attached hydrogens (tertiary/aromatic N) is 1. The maximum absolute atomic E-state index is 12.8. The molecule has 0 aliphatic carbocycles. The van der Waals surface area contributed by atoms with Crippen molar-refractivity contribution < 1.29 is 18.0 Å². The average Bonchev–Trinajstić information content (AvgIpc) is 2.29. The molecule has 94 valence electrons. The van der Waals surface area contributed by atoms with Crippen LogP contribution in [0, 0.1) is 0 Å². The highest BCUT2D eigenvalue weighted by Gasteiger charge is 2.34. The van der Waals surface area contributed by atoms with E-state index in [0.29, 0.717) is 24.9 Å². The van der Waals surface area contributed by atoms with Gasteiger partial charge >= 0.3 is 6.18 Å². The van der Waals surface area contributed by atoms with E-state index in [1.165, 1.54) is 17.9 Å². The van der Waals surface area contributed by atoms with Crippen LogP contribution in [0.5, 0.6) is 0 Å². The second-order valence-electron chi connectivity index (χ2n) is 3.95. The number of hydrogen-bond donors (Lipinski definition) is 0. The zero-order valence-electron chi connectivity index (χ0n) is 9.55. The van der Waals surface area contributed by atoms with Gasteiger partial charge in [0.1, 0.15) is 0 Å². The number of allylic oxidation sites excluding steroid dienone is 3. The fourth-order valence-electron chi connectivity index (χ4n) is 1.53. The third-order valence-electron chi connectivity index (χ3n) is 2.58. The van der Waals surface area contributed by atoms with Gasteiger partial charge in [-0.1, -0.05) is 18.2 Å². The molecule has 0 aromatic carbocycles. The van der Waals surface area contributed by atoms with Crippen LogP contribution in [0.1, 0.15) is 13.3 Å². The second kappa shape index (κ2) is 5.21. The van der Waals surface area contributed by atoms with Crippen molar-refractivity contribution in [3.05, 3.63) is 35.5 Å². The van der Waals surface area contributed by atoms with E-state index in [4.69, 9.17) is 0 Å². The smallest absolute Gasteiger partial charge is 0.341 e. The lowest BCUT2D eigenvalue weighted by Crippen LogP contribution is -2.23. The van der Waals surface area contributed by atoms with Gasteiger partial charge in [0, 0.05) is 13.1 Å². The minimum atomic E-state index is -4.39. The molecule has 0 unspecified atom stereocenters. The van der Waals surface area contributed by atoms with Crippen molar-refractivity contribution in [2.75, 3.05) is 13.1 Å². The molecule has 0 saturated carbocycles. The van der Waals surface area contributed by atoms with Crippen molar-refractivity contribution in [3.8, 4) is 0 Å². The van der Waals surface area contributed by atoms with Gasteiger partial charge in [0.15, 0.2) is 0 Å². The molecule has 0 fully saturated rings. The van der Waals surface area contributed by atoms with Crippen LogP contribution in [0.3, 0.4) is 0 Å². The average molecular weight is 245 g/mol. The summed E-state index contributed by atoms with van der Waals surface area (Å²) in [5.41, 5.74) is -0.193. The molecule has 17 heavy (non-hydrogen) atoms. The Morgan fingerprint density at radius 3 is 2.65 bits per heavy atom. The molecule has 0 N–H and O–H groups in total. The Labute approximate surface area is 98.1 Å². The molecule has 0 spiro atoms. The molecule has 2 nitrogen and oxygen atoms in total. The first kappa shape index (κ1) is 13.5. The number of hydrogen-bond acceptors (Lipinski definition) is 1. The Balaban J connectivity index is 3.09. The van der Waals surface area contributed by atoms with Crippen molar-refractivity contribution in [3.63, 3.8) is 0 Å². The molecule has 0 atom stereocenters. The molecule has 0 bridgehead atoms. The topological polar surface area (TPSA) is 20.3 Å². The van der Waals surface area contributed by atoms with Crippen LogP contribution in [-0.2, 0) is 4.79 Å². The Morgan fingerprint density at radius 2 is 2.12 bits per heavy atom. The highest BCUT2D eigenvalue weighted by Crippen LogP contribution is 2.32.